The van der Waals surface area contributed by atoms with Crippen molar-refractivity contribution in [3.05, 3.63) is 0 Å². The van der Waals surface area contributed by atoms with E-state index in [9.17, 15) is 9.59 Å². The lowest BCUT2D eigenvalue weighted by atomic mass is 10.1. The molecular formula is C13H20N2O2. The number of nitrogens with zero attached hydrogens (tertiary/aromatic N) is 2. The van der Waals surface area contributed by atoms with Crippen LogP contribution in [-0.2, 0) is 9.59 Å². The van der Waals surface area contributed by atoms with Crippen molar-refractivity contribution in [3.8, 4) is 0 Å². The van der Waals surface area contributed by atoms with E-state index in [4.69, 9.17) is 0 Å². The maximum atomic E-state index is 12.5. The van der Waals surface area contributed by atoms with E-state index >= 15 is 0 Å². The number of carbonyl (C=O) groups is 2. The predicted octanol–water partition coefficient (Wildman–Crippen LogP) is 1.01. The van der Waals surface area contributed by atoms with E-state index < -0.39 is 0 Å². The lowest BCUT2D eigenvalue weighted by Gasteiger charge is -2.26. The molecule has 17 heavy (non-hydrogen) atoms. The summed E-state index contributed by atoms with van der Waals surface area (Å²) in [5.41, 5.74) is 0.256. The zero-order valence-electron chi connectivity index (χ0n) is 10.6. The summed E-state index contributed by atoms with van der Waals surface area (Å²) in [4.78, 5) is 28.2. The van der Waals surface area contributed by atoms with Gasteiger partial charge in [-0.2, -0.15) is 0 Å². The fourth-order valence-corrected chi connectivity index (χ4v) is 3.26. The molecular weight excluding hydrogens is 216 g/mol. The second-order valence-electron chi connectivity index (χ2n) is 6.24. The van der Waals surface area contributed by atoms with E-state index in [1.807, 2.05) is 4.90 Å². The molecule has 0 spiro atoms. The van der Waals surface area contributed by atoms with Crippen LogP contribution in [0.1, 0.15) is 39.5 Å². The third kappa shape index (κ3) is 1.65. The van der Waals surface area contributed by atoms with Crippen LogP contribution in [-0.4, -0.2) is 46.8 Å². The van der Waals surface area contributed by atoms with Crippen LogP contribution in [0.15, 0.2) is 0 Å². The molecule has 0 radical (unpaired) electrons. The summed E-state index contributed by atoms with van der Waals surface area (Å²) >= 11 is 0. The van der Waals surface area contributed by atoms with Gasteiger partial charge < -0.3 is 9.80 Å². The summed E-state index contributed by atoms with van der Waals surface area (Å²) in [6.45, 7) is 5.80. The highest BCUT2D eigenvalue weighted by Crippen LogP contribution is 2.49. The van der Waals surface area contributed by atoms with Gasteiger partial charge in [-0.05, 0) is 24.7 Å². The monoisotopic (exact) mass is 236 g/mol. The van der Waals surface area contributed by atoms with Gasteiger partial charge in [0.25, 0.3) is 0 Å². The fourth-order valence-electron chi connectivity index (χ4n) is 3.26. The molecule has 3 aliphatic rings. The quantitative estimate of drug-likeness (QED) is 0.681. The maximum Gasteiger partial charge on any atom is 0.245 e. The summed E-state index contributed by atoms with van der Waals surface area (Å²) in [6.07, 6.45) is 3.42. The van der Waals surface area contributed by atoms with Crippen LogP contribution in [0.2, 0.25) is 0 Å². The highest BCUT2D eigenvalue weighted by Gasteiger charge is 2.53. The van der Waals surface area contributed by atoms with Gasteiger partial charge in [0.1, 0.15) is 6.04 Å². The molecule has 2 aliphatic heterocycles. The van der Waals surface area contributed by atoms with Crippen molar-refractivity contribution in [2.24, 2.45) is 5.41 Å². The van der Waals surface area contributed by atoms with Crippen LogP contribution in [0.3, 0.4) is 0 Å². The molecule has 0 aromatic carbocycles. The number of fused-ring (bicyclic) bond motifs is 1. The van der Waals surface area contributed by atoms with E-state index in [-0.39, 0.29) is 23.3 Å². The zero-order valence-corrected chi connectivity index (χ0v) is 10.6. The van der Waals surface area contributed by atoms with E-state index in [1.165, 1.54) is 0 Å². The van der Waals surface area contributed by atoms with Crippen LogP contribution in [0.5, 0.6) is 0 Å². The fraction of sp³-hybridized carbons (Fsp3) is 0.846. The Morgan fingerprint density at radius 1 is 1.18 bits per heavy atom. The van der Waals surface area contributed by atoms with Gasteiger partial charge in [-0.25, -0.2) is 0 Å². The molecule has 3 fully saturated rings. The summed E-state index contributed by atoms with van der Waals surface area (Å²) < 4.78 is 0. The molecule has 2 amide bonds. The number of amides is 2. The highest BCUT2D eigenvalue weighted by atomic mass is 16.2. The van der Waals surface area contributed by atoms with E-state index in [1.54, 1.807) is 4.90 Å². The van der Waals surface area contributed by atoms with Gasteiger partial charge in [-0.15, -0.1) is 0 Å². The lowest BCUT2D eigenvalue weighted by molar-refractivity contribution is -0.139. The standard InChI is InChI=1S/C13H20N2O2/c1-13(2)8-10(13)15-7-5-11(16)14-6-3-4-9(14)12(15)17/h9-10H,3-8H2,1-2H3. The molecule has 2 unspecified atom stereocenters. The molecule has 1 saturated carbocycles. The molecule has 4 nitrogen and oxygen atoms in total. The Morgan fingerprint density at radius 2 is 1.88 bits per heavy atom. The normalized spacial score (nSPS) is 35.9. The topological polar surface area (TPSA) is 40.6 Å². The maximum absolute atomic E-state index is 12.5. The predicted molar refractivity (Wildman–Crippen MR) is 63.3 cm³/mol. The molecule has 3 rings (SSSR count). The van der Waals surface area contributed by atoms with Gasteiger partial charge >= 0.3 is 0 Å². The Labute approximate surface area is 102 Å². The Hall–Kier alpha value is -1.06. The number of carbonyl (C=O) groups excluding carboxylic acids is 2. The van der Waals surface area contributed by atoms with Crippen molar-refractivity contribution >= 4 is 11.8 Å². The first-order valence-corrected chi connectivity index (χ1v) is 6.61. The highest BCUT2D eigenvalue weighted by molar-refractivity contribution is 5.91. The smallest absolute Gasteiger partial charge is 0.245 e. The number of hydrogen-bond donors (Lipinski definition) is 0. The third-order valence-electron chi connectivity index (χ3n) is 4.55. The van der Waals surface area contributed by atoms with Crippen LogP contribution < -0.4 is 0 Å². The van der Waals surface area contributed by atoms with Crippen LogP contribution in [0.4, 0.5) is 0 Å². The van der Waals surface area contributed by atoms with E-state index in [0.717, 1.165) is 25.8 Å². The third-order valence-corrected chi connectivity index (χ3v) is 4.55. The number of hydrogen-bond acceptors (Lipinski definition) is 2. The molecule has 4 heteroatoms. The minimum Gasteiger partial charge on any atom is -0.337 e. The Kier molecular flexibility index (Phi) is 2.25. The van der Waals surface area contributed by atoms with Crippen LogP contribution in [0.25, 0.3) is 0 Å². The zero-order chi connectivity index (χ0) is 12.2. The van der Waals surface area contributed by atoms with E-state index in [0.29, 0.717) is 19.0 Å². The second-order valence-corrected chi connectivity index (χ2v) is 6.24. The van der Waals surface area contributed by atoms with Gasteiger partial charge in [-0.1, -0.05) is 13.8 Å². The molecule has 1 aliphatic carbocycles. The Balaban J connectivity index is 1.83. The van der Waals surface area contributed by atoms with Crippen molar-refractivity contribution in [2.45, 2.75) is 51.6 Å². The molecule has 2 heterocycles. The summed E-state index contributed by atoms with van der Waals surface area (Å²) in [6, 6.07) is 0.213. The first-order valence-electron chi connectivity index (χ1n) is 6.61. The Morgan fingerprint density at radius 3 is 2.53 bits per heavy atom. The van der Waals surface area contributed by atoms with Gasteiger partial charge in [-0.3, -0.25) is 9.59 Å². The average molecular weight is 236 g/mol. The van der Waals surface area contributed by atoms with Crippen molar-refractivity contribution < 1.29 is 9.59 Å². The number of rotatable bonds is 1. The Bertz CT molecular complexity index is 378. The van der Waals surface area contributed by atoms with Gasteiger partial charge in [0.15, 0.2) is 0 Å². The molecule has 0 aromatic heterocycles. The van der Waals surface area contributed by atoms with E-state index in [2.05, 4.69) is 13.8 Å². The van der Waals surface area contributed by atoms with Crippen molar-refractivity contribution in [1.82, 2.24) is 9.80 Å². The SMILES string of the molecule is CC1(C)CC1N1CCC(=O)N2CCCC2C1=O. The van der Waals surface area contributed by atoms with Crippen molar-refractivity contribution in [1.29, 1.82) is 0 Å². The van der Waals surface area contributed by atoms with Gasteiger partial charge in [0.05, 0.1) is 0 Å². The van der Waals surface area contributed by atoms with Crippen LogP contribution in [0, 0.1) is 5.41 Å². The summed E-state index contributed by atoms with van der Waals surface area (Å²) in [7, 11) is 0. The van der Waals surface area contributed by atoms with Crippen molar-refractivity contribution in [3.63, 3.8) is 0 Å². The average Bonchev–Trinajstić information content (AvgIpc) is 2.76. The largest absolute Gasteiger partial charge is 0.337 e. The molecule has 0 N–H and O–H groups in total. The minimum atomic E-state index is -0.151. The second kappa shape index (κ2) is 3.47. The first kappa shape index (κ1) is 11.1. The molecule has 0 bridgehead atoms. The summed E-state index contributed by atoms with van der Waals surface area (Å²) in [5.74, 6) is 0.366. The summed E-state index contributed by atoms with van der Waals surface area (Å²) in [5, 5.41) is 0. The van der Waals surface area contributed by atoms with Crippen LogP contribution >= 0.6 is 0 Å². The first-order chi connectivity index (χ1) is 8.00. The van der Waals surface area contributed by atoms with Crippen molar-refractivity contribution in [2.75, 3.05) is 13.1 Å². The van der Waals surface area contributed by atoms with Gasteiger partial charge in [0.2, 0.25) is 11.8 Å². The molecule has 0 aromatic rings. The molecule has 2 saturated heterocycles. The molecule has 2 atom stereocenters. The minimum absolute atomic E-state index is 0.151. The lowest BCUT2D eigenvalue weighted by Crippen LogP contribution is -2.45. The molecule has 94 valence electrons. The van der Waals surface area contributed by atoms with Gasteiger partial charge in [0, 0.05) is 25.6 Å².